The van der Waals surface area contributed by atoms with Crippen LogP contribution < -0.4 is 20.4 Å². The van der Waals surface area contributed by atoms with Crippen LogP contribution in [0.4, 0.5) is 14.9 Å². The Kier molecular flexibility index (Phi) is 8.20. The topological polar surface area (TPSA) is 96.4 Å². The van der Waals surface area contributed by atoms with E-state index in [1.54, 1.807) is 27.0 Å². The molecule has 4 aliphatic heterocycles. The maximum absolute atomic E-state index is 16.5. The minimum Gasteiger partial charge on any atom is -0.451 e. The number of fused-ring (bicyclic) bond motifs is 3. The lowest BCUT2D eigenvalue weighted by atomic mass is 9.99. The Morgan fingerprint density at radius 3 is 2.48 bits per heavy atom. The van der Waals surface area contributed by atoms with E-state index in [0.717, 1.165) is 49.7 Å². The molecule has 2 unspecified atom stereocenters. The quantitative estimate of drug-likeness (QED) is 0.224. The molecule has 10 nitrogen and oxygen atoms in total. The average Bonchev–Trinajstić information content (AvgIpc) is 3.76. The van der Waals surface area contributed by atoms with Crippen LogP contribution in [0.1, 0.15) is 69.7 Å². The molecule has 50 heavy (non-hydrogen) atoms. The normalized spacial score (nSPS) is 20.6. The van der Waals surface area contributed by atoms with E-state index in [9.17, 15) is 14.4 Å². The number of amides is 2. The Morgan fingerprint density at radius 2 is 1.72 bits per heavy atom. The molecule has 0 spiro atoms. The first-order valence-electron chi connectivity index (χ1n) is 17.9. The highest BCUT2D eigenvalue weighted by Gasteiger charge is 2.36. The number of ether oxygens (including phenoxy) is 2. The van der Waals surface area contributed by atoms with Gasteiger partial charge in [0.05, 0.1) is 17.1 Å². The summed E-state index contributed by atoms with van der Waals surface area (Å²) in [5, 5.41) is 4.93. The molecule has 0 bridgehead atoms. The van der Waals surface area contributed by atoms with E-state index in [-0.39, 0.29) is 40.4 Å². The van der Waals surface area contributed by atoms with E-state index < -0.39 is 22.9 Å². The Labute approximate surface area is 290 Å². The van der Waals surface area contributed by atoms with Gasteiger partial charge in [0, 0.05) is 38.4 Å². The molecular formula is C39H44FN5O5. The zero-order valence-electron chi connectivity index (χ0n) is 29.0. The number of piperidine rings is 1. The first kappa shape index (κ1) is 32.6. The Balaban J connectivity index is 1.23. The van der Waals surface area contributed by atoms with Gasteiger partial charge in [-0.2, -0.15) is 0 Å². The number of rotatable bonds is 5. The molecule has 3 fully saturated rings. The molecule has 1 aromatic heterocycles. The summed E-state index contributed by atoms with van der Waals surface area (Å²) < 4.78 is 30.4. The number of carbonyl (C=O) groups is 2. The summed E-state index contributed by atoms with van der Waals surface area (Å²) >= 11 is 0. The third kappa shape index (κ3) is 5.95. The lowest BCUT2D eigenvalue weighted by Crippen LogP contribution is -2.50. The van der Waals surface area contributed by atoms with Crippen LogP contribution in [0, 0.1) is 5.82 Å². The summed E-state index contributed by atoms with van der Waals surface area (Å²) in [4.78, 5) is 47.5. The molecule has 262 valence electrons. The number of benzene rings is 3. The van der Waals surface area contributed by atoms with Crippen LogP contribution in [0.5, 0.6) is 11.5 Å². The third-order valence-corrected chi connectivity index (χ3v) is 10.5. The number of hydrogen-bond donors (Lipinski definition) is 1. The summed E-state index contributed by atoms with van der Waals surface area (Å²) in [5.74, 6) is -0.201. The molecule has 4 aliphatic rings. The van der Waals surface area contributed by atoms with E-state index in [1.165, 1.54) is 18.9 Å². The van der Waals surface area contributed by atoms with E-state index in [0.29, 0.717) is 43.0 Å². The number of pyridine rings is 1. The van der Waals surface area contributed by atoms with Crippen LogP contribution in [-0.4, -0.2) is 83.3 Å². The third-order valence-electron chi connectivity index (χ3n) is 10.5. The lowest BCUT2D eigenvalue weighted by molar-refractivity contribution is 0.0507. The number of carbonyl (C=O) groups excluding carboxylic acids is 2. The zero-order chi connectivity index (χ0) is 34.7. The largest absolute Gasteiger partial charge is 0.451 e. The van der Waals surface area contributed by atoms with Crippen molar-refractivity contribution in [1.82, 2.24) is 19.7 Å². The van der Waals surface area contributed by atoms with Crippen molar-refractivity contribution in [3.05, 3.63) is 70.3 Å². The van der Waals surface area contributed by atoms with Gasteiger partial charge in [0.1, 0.15) is 22.4 Å². The van der Waals surface area contributed by atoms with Crippen molar-refractivity contribution in [2.75, 3.05) is 44.2 Å². The van der Waals surface area contributed by atoms with E-state index in [1.807, 2.05) is 50.8 Å². The highest BCUT2D eigenvalue weighted by molar-refractivity contribution is 6.02. The number of nitrogens with one attached hydrogen (secondary N) is 1. The van der Waals surface area contributed by atoms with Crippen molar-refractivity contribution < 1.29 is 23.5 Å². The van der Waals surface area contributed by atoms with Crippen molar-refractivity contribution >= 4 is 39.4 Å². The van der Waals surface area contributed by atoms with E-state index in [4.69, 9.17) is 9.47 Å². The van der Waals surface area contributed by atoms with Crippen molar-refractivity contribution in [3.8, 4) is 17.2 Å². The monoisotopic (exact) mass is 681 g/mol. The molecular weight excluding hydrogens is 637 g/mol. The second-order valence-corrected chi connectivity index (χ2v) is 15.2. The smallest absolute Gasteiger partial charge is 0.407 e. The first-order chi connectivity index (χ1) is 24.0. The van der Waals surface area contributed by atoms with Gasteiger partial charge >= 0.3 is 6.09 Å². The van der Waals surface area contributed by atoms with Gasteiger partial charge in [0.25, 0.3) is 5.91 Å². The predicted molar refractivity (Wildman–Crippen MR) is 191 cm³/mol. The van der Waals surface area contributed by atoms with Gasteiger partial charge in [-0.05, 0) is 101 Å². The zero-order valence-corrected chi connectivity index (χ0v) is 29.0. The molecule has 0 aliphatic carbocycles. The SMILES string of the molecule is CC(C)(C)OC(=O)NC1CCN(c2c(F)cc3c(=O)c(C(=O)N4CCCCC4CN4CCCC4)cn4c3c2Oc2cc3ccccc3cc2-4)C1. The molecule has 1 N–H and O–H groups in total. The molecule has 0 saturated carbocycles. The fourth-order valence-corrected chi connectivity index (χ4v) is 8.17. The van der Waals surface area contributed by atoms with Crippen LogP contribution in [0.3, 0.4) is 0 Å². The first-order valence-corrected chi connectivity index (χ1v) is 17.9. The summed E-state index contributed by atoms with van der Waals surface area (Å²) in [7, 11) is 0. The molecule has 5 heterocycles. The molecule has 0 radical (unpaired) electrons. The van der Waals surface area contributed by atoms with E-state index in [2.05, 4.69) is 10.2 Å². The molecule has 8 rings (SSSR count). The van der Waals surface area contributed by atoms with Gasteiger partial charge in [-0.3, -0.25) is 9.59 Å². The molecule has 11 heteroatoms. The highest BCUT2D eigenvalue weighted by Crippen LogP contribution is 2.48. The number of nitrogens with zero attached hydrogens (tertiary/aromatic N) is 4. The minimum absolute atomic E-state index is 0.0254. The van der Waals surface area contributed by atoms with Crippen LogP contribution in [0.2, 0.25) is 0 Å². The second-order valence-electron chi connectivity index (χ2n) is 15.2. The average molecular weight is 682 g/mol. The molecule has 4 aromatic rings. The fraction of sp³-hybridized carbons (Fsp3) is 0.462. The van der Waals surface area contributed by atoms with Crippen molar-refractivity contribution in [3.63, 3.8) is 0 Å². The van der Waals surface area contributed by atoms with Crippen molar-refractivity contribution in [1.29, 1.82) is 0 Å². The molecule has 3 aromatic carbocycles. The van der Waals surface area contributed by atoms with Crippen LogP contribution in [0.25, 0.3) is 27.4 Å². The van der Waals surface area contributed by atoms with Gasteiger partial charge in [-0.1, -0.05) is 24.3 Å². The summed E-state index contributed by atoms with van der Waals surface area (Å²) in [6.07, 6.45) is 6.86. The molecule has 2 atom stereocenters. The Bertz CT molecular complexity index is 2070. The minimum atomic E-state index is -0.644. The van der Waals surface area contributed by atoms with Crippen LogP contribution >= 0.6 is 0 Å². The number of alkyl carbamates (subject to hydrolysis) is 1. The standard InChI is InChI=1S/C39H44FN5O5/c1-39(2,3)50-38(48)41-26-13-17-43(21-26)34-30(40)20-28-33-36(34)49-32-19-25-11-5-4-10-24(25)18-31(32)45(33)23-29(35(28)46)37(47)44-16-7-6-12-27(44)22-42-14-8-9-15-42/h4-5,10-11,18-20,23,26-27H,6-9,12-17,21-22H2,1-3H3,(H,41,48). The Morgan fingerprint density at radius 1 is 0.980 bits per heavy atom. The number of likely N-dealkylation sites (tertiary alicyclic amines) is 2. The summed E-state index contributed by atoms with van der Waals surface area (Å²) in [6.45, 7) is 9.66. The molecule has 3 saturated heterocycles. The van der Waals surface area contributed by atoms with Crippen molar-refractivity contribution in [2.45, 2.75) is 77.0 Å². The summed E-state index contributed by atoms with van der Waals surface area (Å²) in [6, 6.07) is 12.8. The van der Waals surface area contributed by atoms with Crippen molar-refractivity contribution in [2.24, 2.45) is 0 Å². The number of aromatic nitrogens is 1. The number of hydrogen-bond acceptors (Lipinski definition) is 7. The lowest BCUT2D eigenvalue weighted by Gasteiger charge is -2.38. The van der Waals surface area contributed by atoms with Crippen LogP contribution in [-0.2, 0) is 4.74 Å². The van der Waals surface area contributed by atoms with Crippen LogP contribution in [0.15, 0.2) is 53.5 Å². The van der Waals surface area contributed by atoms with Gasteiger partial charge in [-0.15, -0.1) is 0 Å². The van der Waals surface area contributed by atoms with E-state index >= 15 is 4.39 Å². The summed E-state index contributed by atoms with van der Waals surface area (Å²) in [5.41, 5.74) is 0.200. The van der Waals surface area contributed by atoms with Gasteiger partial charge in [0.2, 0.25) is 5.43 Å². The number of anilines is 1. The maximum Gasteiger partial charge on any atom is 0.407 e. The number of halogens is 1. The molecule has 2 amide bonds. The van der Waals surface area contributed by atoms with Gasteiger partial charge in [-0.25, -0.2) is 9.18 Å². The highest BCUT2D eigenvalue weighted by atomic mass is 19.1. The predicted octanol–water partition coefficient (Wildman–Crippen LogP) is 6.58. The second kappa shape index (κ2) is 12.6. The fourth-order valence-electron chi connectivity index (χ4n) is 8.17. The van der Waals surface area contributed by atoms with Gasteiger partial charge < -0.3 is 34.1 Å². The van der Waals surface area contributed by atoms with Gasteiger partial charge in [0.15, 0.2) is 17.3 Å². The maximum atomic E-state index is 16.5. The Hall–Kier alpha value is -4.64.